The molecule has 0 radical (unpaired) electrons. The highest BCUT2D eigenvalue weighted by Gasteiger charge is 2.08. The minimum Gasteiger partial charge on any atom is -0.497 e. The number of anilines is 2. The zero-order valence-corrected chi connectivity index (χ0v) is 14.3. The Kier molecular flexibility index (Phi) is 4.68. The van der Waals surface area contributed by atoms with E-state index in [1.165, 1.54) is 16.2 Å². The second-order valence-electron chi connectivity index (χ2n) is 4.66. The van der Waals surface area contributed by atoms with Crippen LogP contribution < -0.4 is 15.4 Å². The minimum atomic E-state index is -0.320. The standard InChI is InChI=1S/C16H15N3O2S2/c1-21-11-5-3-10(4-6-11)17-15(20)19-16-18-13-8-7-12(22-2)9-14(13)23-16/h3-9H,1-2H3,(H2,17,18,19,20). The lowest BCUT2D eigenvalue weighted by Crippen LogP contribution is -2.19. The molecule has 0 fully saturated rings. The Balaban J connectivity index is 1.69. The number of benzene rings is 2. The largest absolute Gasteiger partial charge is 0.497 e. The van der Waals surface area contributed by atoms with Crippen LogP contribution >= 0.6 is 23.1 Å². The van der Waals surface area contributed by atoms with Crippen LogP contribution in [0.15, 0.2) is 47.4 Å². The normalized spacial score (nSPS) is 10.5. The van der Waals surface area contributed by atoms with Crippen molar-refractivity contribution in [2.24, 2.45) is 0 Å². The number of urea groups is 1. The maximum atomic E-state index is 12.0. The number of amides is 2. The van der Waals surface area contributed by atoms with Crippen molar-refractivity contribution in [2.75, 3.05) is 24.0 Å². The minimum absolute atomic E-state index is 0.320. The average Bonchev–Trinajstić information content (AvgIpc) is 2.96. The molecule has 3 aromatic rings. The number of hydrogen-bond donors (Lipinski definition) is 2. The molecule has 2 amide bonds. The predicted molar refractivity (Wildman–Crippen MR) is 97.0 cm³/mol. The fourth-order valence-electron chi connectivity index (χ4n) is 2.02. The van der Waals surface area contributed by atoms with Crippen LogP contribution in [-0.2, 0) is 0 Å². The lowest BCUT2D eigenvalue weighted by Gasteiger charge is -2.06. The van der Waals surface area contributed by atoms with Crippen molar-refractivity contribution >= 4 is 50.2 Å². The molecule has 1 aromatic heterocycles. The highest BCUT2D eigenvalue weighted by Crippen LogP contribution is 2.29. The molecule has 0 saturated carbocycles. The molecular weight excluding hydrogens is 330 g/mol. The number of aromatic nitrogens is 1. The Bertz CT molecular complexity index is 831. The molecule has 5 nitrogen and oxygen atoms in total. The molecule has 23 heavy (non-hydrogen) atoms. The van der Waals surface area contributed by atoms with Crippen molar-refractivity contribution in [3.05, 3.63) is 42.5 Å². The van der Waals surface area contributed by atoms with E-state index >= 15 is 0 Å². The molecule has 3 rings (SSSR count). The third kappa shape index (κ3) is 3.75. The Morgan fingerprint density at radius 3 is 2.65 bits per heavy atom. The molecular formula is C16H15N3O2S2. The molecule has 0 aliphatic rings. The van der Waals surface area contributed by atoms with Gasteiger partial charge >= 0.3 is 6.03 Å². The Morgan fingerprint density at radius 1 is 1.17 bits per heavy atom. The maximum Gasteiger partial charge on any atom is 0.325 e. The lowest BCUT2D eigenvalue weighted by atomic mass is 10.3. The van der Waals surface area contributed by atoms with Crippen molar-refractivity contribution < 1.29 is 9.53 Å². The second kappa shape index (κ2) is 6.89. The predicted octanol–water partition coefficient (Wildman–Crippen LogP) is 4.67. The summed E-state index contributed by atoms with van der Waals surface area (Å²) in [6.07, 6.45) is 2.03. The molecule has 2 N–H and O–H groups in total. The van der Waals surface area contributed by atoms with Crippen LogP contribution in [0.1, 0.15) is 0 Å². The first-order valence-corrected chi connectivity index (χ1v) is 8.88. The fourth-order valence-corrected chi connectivity index (χ4v) is 3.43. The van der Waals surface area contributed by atoms with Crippen LogP contribution in [0.4, 0.5) is 15.6 Å². The number of ether oxygens (including phenoxy) is 1. The molecule has 0 atom stereocenters. The quantitative estimate of drug-likeness (QED) is 0.675. The highest BCUT2D eigenvalue weighted by atomic mass is 32.2. The van der Waals surface area contributed by atoms with E-state index in [-0.39, 0.29) is 6.03 Å². The third-order valence-corrected chi connectivity index (χ3v) is 4.82. The third-order valence-electron chi connectivity index (χ3n) is 3.16. The van der Waals surface area contributed by atoms with Gasteiger partial charge in [-0.1, -0.05) is 11.3 Å². The molecule has 0 saturated heterocycles. The van der Waals surface area contributed by atoms with Crippen LogP contribution in [0, 0.1) is 0 Å². The molecule has 7 heteroatoms. The van der Waals surface area contributed by atoms with Crippen LogP contribution in [0.5, 0.6) is 5.75 Å². The van der Waals surface area contributed by atoms with Gasteiger partial charge in [-0.3, -0.25) is 5.32 Å². The molecule has 2 aromatic carbocycles. The zero-order chi connectivity index (χ0) is 16.2. The van der Waals surface area contributed by atoms with Gasteiger partial charge in [0.1, 0.15) is 5.75 Å². The summed E-state index contributed by atoms with van der Waals surface area (Å²) < 4.78 is 6.14. The second-order valence-corrected chi connectivity index (χ2v) is 6.57. The first-order chi connectivity index (χ1) is 11.2. The van der Waals surface area contributed by atoms with Gasteiger partial charge in [-0.15, -0.1) is 11.8 Å². The summed E-state index contributed by atoms with van der Waals surface area (Å²) in [5.41, 5.74) is 1.57. The average molecular weight is 345 g/mol. The number of rotatable bonds is 4. The summed E-state index contributed by atoms with van der Waals surface area (Å²) in [6, 6.07) is 12.9. The monoisotopic (exact) mass is 345 g/mol. The molecule has 0 aliphatic carbocycles. The molecule has 0 bridgehead atoms. The van der Waals surface area contributed by atoms with Gasteiger partial charge in [0.25, 0.3) is 0 Å². The van der Waals surface area contributed by atoms with Crippen LogP contribution in [0.2, 0.25) is 0 Å². The van der Waals surface area contributed by atoms with E-state index in [1.54, 1.807) is 43.1 Å². The number of thiazole rings is 1. The summed E-state index contributed by atoms with van der Waals surface area (Å²) in [6.45, 7) is 0. The molecule has 0 unspecified atom stereocenters. The number of nitrogens with zero attached hydrogens (tertiary/aromatic N) is 1. The van der Waals surface area contributed by atoms with E-state index in [9.17, 15) is 4.79 Å². The van der Waals surface area contributed by atoms with Gasteiger partial charge in [0.15, 0.2) is 5.13 Å². The Labute approximate surface area is 142 Å². The van der Waals surface area contributed by atoms with Gasteiger partial charge in [-0.2, -0.15) is 0 Å². The van der Waals surface area contributed by atoms with Crippen molar-refractivity contribution in [2.45, 2.75) is 4.90 Å². The van der Waals surface area contributed by atoms with E-state index in [2.05, 4.69) is 21.7 Å². The van der Waals surface area contributed by atoms with Gasteiger partial charge in [0.05, 0.1) is 17.3 Å². The summed E-state index contributed by atoms with van der Waals surface area (Å²) in [5, 5.41) is 6.10. The summed E-state index contributed by atoms with van der Waals surface area (Å²) in [7, 11) is 1.60. The van der Waals surface area contributed by atoms with E-state index < -0.39 is 0 Å². The van der Waals surface area contributed by atoms with Crippen LogP contribution in [0.3, 0.4) is 0 Å². The number of carbonyl (C=O) groups is 1. The smallest absolute Gasteiger partial charge is 0.325 e. The molecule has 1 heterocycles. The van der Waals surface area contributed by atoms with E-state index in [4.69, 9.17) is 4.74 Å². The van der Waals surface area contributed by atoms with Crippen molar-refractivity contribution in [3.63, 3.8) is 0 Å². The lowest BCUT2D eigenvalue weighted by molar-refractivity contribution is 0.262. The fraction of sp³-hybridized carbons (Fsp3) is 0.125. The molecule has 0 spiro atoms. The van der Waals surface area contributed by atoms with Gasteiger partial charge < -0.3 is 10.1 Å². The number of thioether (sulfide) groups is 1. The number of methoxy groups -OCH3 is 1. The number of carbonyl (C=O) groups excluding carboxylic acids is 1. The first-order valence-electron chi connectivity index (χ1n) is 6.84. The zero-order valence-electron chi connectivity index (χ0n) is 12.6. The Morgan fingerprint density at radius 2 is 1.96 bits per heavy atom. The van der Waals surface area contributed by atoms with E-state index in [1.807, 2.05) is 18.4 Å². The molecule has 118 valence electrons. The number of hydrogen-bond acceptors (Lipinski definition) is 5. The molecule has 0 aliphatic heterocycles. The van der Waals surface area contributed by atoms with Gasteiger partial charge in [0, 0.05) is 10.6 Å². The maximum absolute atomic E-state index is 12.0. The topological polar surface area (TPSA) is 63.2 Å². The Hall–Kier alpha value is -2.25. The van der Waals surface area contributed by atoms with Crippen molar-refractivity contribution in [3.8, 4) is 5.75 Å². The van der Waals surface area contributed by atoms with Gasteiger partial charge in [0.2, 0.25) is 0 Å². The van der Waals surface area contributed by atoms with E-state index in [0.29, 0.717) is 10.8 Å². The highest BCUT2D eigenvalue weighted by molar-refractivity contribution is 7.98. The van der Waals surface area contributed by atoms with Crippen molar-refractivity contribution in [1.29, 1.82) is 0 Å². The van der Waals surface area contributed by atoms with E-state index in [0.717, 1.165) is 16.0 Å². The summed E-state index contributed by atoms with van der Waals surface area (Å²) in [5.74, 6) is 0.742. The SMILES string of the molecule is COc1ccc(NC(=O)Nc2nc3ccc(SC)cc3s2)cc1. The summed E-state index contributed by atoms with van der Waals surface area (Å²) in [4.78, 5) is 17.6. The number of nitrogens with one attached hydrogen (secondary N) is 2. The van der Waals surface area contributed by atoms with Crippen LogP contribution in [0.25, 0.3) is 10.2 Å². The van der Waals surface area contributed by atoms with Gasteiger partial charge in [-0.25, -0.2) is 9.78 Å². The number of fused-ring (bicyclic) bond motifs is 1. The van der Waals surface area contributed by atoms with Crippen molar-refractivity contribution in [1.82, 2.24) is 4.98 Å². The first kappa shape index (κ1) is 15.6. The van der Waals surface area contributed by atoms with Crippen LogP contribution in [-0.4, -0.2) is 24.4 Å². The van der Waals surface area contributed by atoms with Gasteiger partial charge in [-0.05, 0) is 48.7 Å². The summed E-state index contributed by atoms with van der Waals surface area (Å²) >= 11 is 3.14.